The van der Waals surface area contributed by atoms with Gasteiger partial charge >= 0.3 is 0 Å². The lowest BCUT2D eigenvalue weighted by Gasteiger charge is -2.17. The van der Waals surface area contributed by atoms with E-state index in [0.717, 1.165) is 37.2 Å². The minimum Gasteiger partial charge on any atom is -0.338 e. The molecule has 4 heteroatoms. The summed E-state index contributed by atoms with van der Waals surface area (Å²) in [6.45, 7) is 4.69. The van der Waals surface area contributed by atoms with E-state index in [2.05, 4.69) is 41.5 Å². The average molecular weight is 309 g/mol. The summed E-state index contributed by atoms with van der Waals surface area (Å²) < 4.78 is 0. The first kappa shape index (κ1) is 15.7. The van der Waals surface area contributed by atoms with Crippen LogP contribution in [0.3, 0.4) is 0 Å². The lowest BCUT2D eigenvalue weighted by molar-refractivity contribution is 0.0787. The molecule has 1 aliphatic heterocycles. The molecule has 1 amide bonds. The predicted octanol–water partition coefficient (Wildman–Crippen LogP) is 2.74. The summed E-state index contributed by atoms with van der Waals surface area (Å²) in [5.41, 5.74) is 3.98. The Labute approximate surface area is 137 Å². The second kappa shape index (κ2) is 6.92. The summed E-state index contributed by atoms with van der Waals surface area (Å²) in [4.78, 5) is 18.9. The van der Waals surface area contributed by atoms with Crippen LogP contribution in [0.15, 0.2) is 42.7 Å². The highest BCUT2D eigenvalue weighted by Gasteiger charge is 2.26. The van der Waals surface area contributed by atoms with Gasteiger partial charge in [-0.25, -0.2) is 0 Å². The van der Waals surface area contributed by atoms with Gasteiger partial charge in [-0.3, -0.25) is 9.78 Å². The molecule has 4 nitrogen and oxygen atoms in total. The largest absolute Gasteiger partial charge is 0.338 e. The molecule has 0 aliphatic carbocycles. The molecule has 1 aliphatic rings. The van der Waals surface area contributed by atoms with Crippen LogP contribution < -0.4 is 5.32 Å². The number of hydrogen-bond donors (Lipinski definition) is 1. The van der Waals surface area contributed by atoms with E-state index in [1.54, 1.807) is 6.20 Å². The first-order valence-electron chi connectivity index (χ1n) is 8.13. The van der Waals surface area contributed by atoms with Gasteiger partial charge in [0.05, 0.1) is 5.56 Å². The maximum absolute atomic E-state index is 12.7. The van der Waals surface area contributed by atoms with Crippen LogP contribution in [0.25, 0.3) is 11.1 Å². The summed E-state index contributed by atoms with van der Waals surface area (Å²) in [7, 11) is 1.96. The second-order valence-corrected chi connectivity index (χ2v) is 6.29. The number of carbonyl (C=O) groups excluding carboxylic acids is 1. The smallest absolute Gasteiger partial charge is 0.255 e. The molecule has 1 unspecified atom stereocenters. The molecule has 1 atom stereocenters. The van der Waals surface area contributed by atoms with E-state index in [4.69, 9.17) is 0 Å². The minimum atomic E-state index is 0.0880. The number of hydrogen-bond acceptors (Lipinski definition) is 3. The summed E-state index contributed by atoms with van der Waals surface area (Å²) in [5.74, 6) is 0.641. The van der Waals surface area contributed by atoms with Gasteiger partial charge in [-0.15, -0.1) is 0 Å². The fraction of sp³-hybridized carbons (Fsp3) is 0.368. The topological polar surface area (TPSA) is 45.2 Å². The number of nitrogens with one attached hydrogen (secondary N) is 1. The van der Waals surface area contributed by atoms with Crippen molar-refractivity contribution in [2.45, 2.75) is 13.3 Å². The van der Waals surface area contributed by atoms with Crippen molar-refractivity contribution in [2.75, 3.05) is 26.7 Å². The van der Waals surface area contributed by atoms with Crippen LogP contribution in [0.5, 0.6) is 0 Å². The maximum Gasteiger partial charge on any atom is 0.255 e. The molecule has 0 spiro atoms. The SMILES string of the molecule is CNCC1CCN(C(=O)c2cncc(-c3ccc(C)cc3)c2)C1. The van der Waals surface area contributed by atoms with Crippen LogP contribution >= 0.6 is 0 Å². The molecule has 0 radical (unpaired) electrons. The van der Waals surface area contributed by atoms with E-state index in [0.29, 0.717) is 11.5 Å². The number of benzene rings is 1. The monoisotopic (exact) mass is 309 g/mol. The van der Waals surface area contributed by atoms with Gasteiger partial charge in [-0.05, 0) is 44.5 Å². The normalized spacial score (nSPS) is 17.5. The van der Waals surface area contributed by atoms with Crippen molar-refractivity contribution in [3.05, 3.63) is 53.9 Å². The second-order valence-electron chi connectivity index (χ2n) is 6.29. The Morgan fingerprint density at radius 2 is 2.04 bits per heavy atom. The molecule has 23 heavy (non-hydrogen) atoms. The van der Waals surface area contributed by atoms with Crippen molar-refractivity contribution in [3.63, 3.8) is 0 Å². The summed E-state index contributed by atoms with van der Waals surface area (Å²) in [6.07, 6.45) is 4.55. The molecule has 0 bridgehead atoms. The minimum absolute atomic E-state index is 0.0880. The van der Waals surface area contributed by atoms with Crippen LogP contribution in [0, 0.1) is 12.8 Å². The van der Waals surface area contributed by atoms with E-state index in [9.17, 15) is 4.79 Å². The maximum atomic E-state index is 12.7. The number of nitrogens with zero attached hydrogens (tertiary/aromatic N) is 2. The van der Waals surface area contributed by atoms with Gasteiger partial charge in [0.25, 0.3) is 5.91 Å². The Morgan fingerprint density at radius 1 is 1.26 bits per heavy atom. The molecule has 1 saturated heterocycles. The molecule has 1 N–H and O–H groups in total. The first-order valence-corrected chi connectivity index (χ1v) is 8.13. The van der Waals surface area contributed by atoms with E-state index >= 15 is 0 Å². The van der Waals surface area contributed by atoms with Crippen molar-refractivity contribution in [2.24, 2.45) is 5.92 Å². The molecule has 3 rings (SSSR count). The Kier molecular flexibility index (Phi) is 4.72. The lowest BCUT2D eigenvalue weighted by atomic mass is 10.0. The van der Waals surface area contributed by atoms with Crippen molar-refractivity contribution < 1.29 is 4.79 Å². The van der Waals surface area contributed by atoms with Crippen LogP contribution in [0.2, 0.25) is 0 Å². The zero-order chi connectivity index (χ0) is 16.2. The third-order valence-electron chi connectivity index (χ3n) is 4.44. The lowest BCUT2D eigenvalue weighted by Crippen LogP contribution is -2.30. The molecule has 2 heterocycles. The van der Waals surface area contributed by atoms with Crippen LogP contribution in [-0.4, -0.2) is 42.5 Å². The predicted molar refractivity (Wildman–Crippen MR) is 92.3 cm³/mol. The van der Waals surface area contributed by atoms with Crippen LogP contribution in [0.4, 0.5) is 0 Å². The summed E-state index contributed by atoms with van der Waals surface area (Å²) >= 11 is 0. The van der Waals surface area contributed by atoms with E-state index in [1.165, 1.54) is 5.56 Å². The number of pyridine rings is 1. The Hall–Kier alpha value is -2.20. The number of rotatable bonds is 4. The highest BCUT2D eigenvalue weighted by molar-refractivity contribution is 5.95. The molecule has 1 aromatic carbocycles. The molecular weight excluding hydrogens is 286 g/mol. The zero-order valence-electron chi connectivity index (χ0n) is 13.7. The van der Waals surface area contributed by atoms with Crippen molar-refractivity contribution in [1.82, 2.24) is 15.2 Å². The number of aryl methyl sites for hydroxylation is 1. The fourth-order valence-electron chi connectivity index (χ4n) is 3.12. The molecule has 0 saturated carbocycles. The number of aromatic nitrogens is 1. The Morgan fingerprint density at radius 3 is 2.78 bits per heavy atom. The summed E-state index contributed by atoms with van der Waals surface area (Å²) in [6, 6.07) is 10.2. The van der Waals surface area contributed by atoms with Gasteiger partial charge in [0.1, 0.15) is 0 Å². The molecule has 120 valence electrons. The third-order valence-corrected chi connectivity index (χ3v) is 4.44. The molecule has 1 aromatic heterocycles. The number of amides is 1. The van der Waals surface area contributed by atoms with Gasteiger partial charge < -0.3 is 10.2 Å². The zero-order valence-corrected chi connectivity index (χ0v) is 13.7. The highest BCUT2D eigenvalue weighted by Crippen LogP contribution is 2.22. The number of likely N-dealkylation sites (tertiary alicyclic amines) is 1. The Bertz CT molecular complexity index is 681. The van der Waals surface area contributed by atoms with Crippen LogP contribution in [0.1, 0.15) is 22.3 Å². The van der Waals surface area contributed by atoms with E-state index in [1.807, 2.05) is 24.2 Å². The standard InChI is InChI=1S/C19H23N3O/c1-14-3-5-16(6-4-14)17-9-18(12-21-11-17)19(23)22-8-7-15(13-22)10-20-2/h3-6,9,11-12,15,20H,7-8,10,13H2,1-2H3. The number of carbonyl (C=O) groups is 1. The fourth-order valence-corrected chi connectivity index (χ4v) is 3.12. The van der Waals surface area contributed by atoms with Crippen molar-refractivity contribution in [1.29, 1.82) is 0 Å². The highest BCUT2D eigenvalue weighted by atomic mass is 16.2. The van der Waals surface area contributed by atoms with Gasteiger partial charge in [-0.2, -0.15) is 0 Å². The van der Waals surface area contributed by atoms with Gasteiger partial charge in [-0.1, -0.05) is 29.8 Å². The first-order chi connectivity index (χ1) is 11.2. The Balaban J connectivity index is 1.77. The van der Waals surface area contributed by atoms with Gasteiger partial charge in [0.2, 0.25) is 0 Å². The van der Waals surface area contributed by atoms with Crippen molar-refractivity contribution in [3.8, 4) is 11.1 Å². The average Bonchev–Trinajstić information content (AvgIpc) is 3.04. The van der Waals surface area contributed by atoms with Crippen LogP contribution in [-0.2, 0) is 0 Å². The molecule has 2 aromatic rings. The van der Waals surface area contributed by atoms with Crippen molar-refractivity contribution >= 4 is 5.91 Å². The van der Waals surface area contributed by atoms with Gasteiger partial charge in [0.15, 0.2) is 0 Å². The quantitative estimate of drug-likeness (QED) is 0.944. The van der Waals surface area contributed by atoms with E-state index in [-0.39, 0.29) is 5.91 Å². The third kappa shape index (κ3) is 3.59. The van der Waals surface area contributed by atoms with Gasteiger partial charge in [0, 0.05) is 31.0 Å². The molecular formula is C19H23N3O. The summed E-state index contributed by atoms with van der Waals surface area (Å²) in [5, 5.41) is 3.19. The van der Waals surface area contributed by atoms with E-state index < -0.39 is 0 Å². The molecule has 1 fully saturated rings.